The monoisotopic (exact) mass is 314 g/mol. The highest BCUT2D eigenvalue weighted by Crippen LogP contribution is 2.41. The Morgan fingerprint density at radius 3 is 3.05 bits per heavy atom. The molecule has 3 heterocycles. The molecule has 0 spiro atoms. The largest absolute Gasteiger partial charge is 0.351 e. The highest BCUT2D eigenvalue weighted by Gasteiger charge is 2.30. The average molecular weight is 314 g/mol. The van der Waals surface area contributed by atoms with Gasteiger partial charge in [-0.2, -0.15) is 4.80 Å². The van der Waals surface area contributed by atoms with Gasteiger partial charge in [0.25, 0.3) is 0 Å². The van der Waals surface area contributed by atoms with Gasteiger partial charge < -0.3 is 4.90 Å². The van der Waals surface area contributed by atoms with Gasteiger partial charge in [0.05, 0.1) is 6.54 Å². The van der Waals surface area contributed by atoms with Gasteiger partial charge in [-0.1, -0.05) is 17.8 Å². The van der Waals surface area contributed by atoms with E-state index in [4.69, 9.17) is 0 Å². The second-order valence-corrected chi connectivity index (χ2v) is 6.84. The molecule has 6 nitrogen and oxygen atoms in total. The van der Waals surface area contributed by atoms with Gasteiger partial charge >= 0.3 is 0 Å². The molecule has 1 atom stereocenters. The minimum Gasteiger partial charge on any atom is -0.351 e. The molecule has 7 heteroatoms. The normalized spacial score (nSPS) is 21.2. The van der Waals surface area contributed by atoms with Crippen LogP contribution in [0.2, 0.25) is 0 Å². The first kappa shape index (κ1) is 13.8. The summed E-state index contributed by atoms with van der Waals surface area (Å²) in [7, 11) is 0. The van der Waals surface area contributed by atoms with E-state index < -0.39 is 0 Å². The summed E-state index contributed by atoms with van der Waals surface area (Å²) in [5, 5.41) is 15.3. The number of thioether (sulfide) groups is 1. The first-order valence-corrected chi connectivity index (χ1v) is 8.49. The van der Waals surface area contributed by atoms with Crippen molar-refractivity contribution in [1.29, 1.82) is 0 Å². The van der Waals surface area contributed by atoms with Crippen LogP contribution in [0.25, 0.3) is 0 Å². The highest BCUT2D eigenvalue weighted by molar-refractivity contribution is 8.02. The number of tetrazole rings is 1. The number of allylic oxidation sites excluding steroid dienone is 1. The van der Waals surface area contributed by atoms with Crippen LogP contribution in [0, 0.1) is 5.92 Å². The van der Waals surface area contributed by atoms with Crippen molar-refractivity contribution >= 4 is 11.8 Å². The van der Waals surface area contributed by atoms with E-state index in [-0.39, 0.29) is 5.37 Å². The predicted octanol–water partition coefficient (Wildman–Crippen LogP) is 2.59. The van der Waals surface area contributed by atoms with Gasteiger partial charge in [0.15, 0.2) is 0 Å². The van der Waals surface area contributed by atoms with E-state index in [2.05, 4.69) is 43.7 Å². The summed E-state index contributed by atoms with van der Waals surface area (Å²) in [6.45, 7) is 3.84. The molecule has 0 aromatic carbocycles. The fraction of sp³-hybridized carbons (Fsp3) is 0.467. The molecule has 2 aliphatic rings. The third kappa shape index (κ3) is 2.85. The molecule has 4 rings (SSSR count). The third-order valence-corrected chi connectivity index (χ3v) is 5.19. The Morgan fingerprint density at radius 1 is 1.36 bits per heavy atom. The van der Waals surface area contributed by atoms with Gasteiger partial charge in [-0.15, -0.1) is 10.2 Å². The van der Waals surface area contributed by atoms with Crippen molar-refractivity contribution in [2.45, 2.75) is 38.2 Å². The van der Waals surface area contributed by atoms with Gasteiger partial charge in [0, 0.05) is 24.6 Å². The SMILES string of the molecule is CC1=CSC(c2nnn(CC3CC3)n2)N1Cc1cccnc1. The summed E-state index contributed by atoms with van der Waals surface area (Å²) in [5.41, 5.74) is 2.42. The summed E-state index contributed by atoms with van der Waals surface area (Å²) in [6.07, 6.45) is 6.30. The van der Waals surface area contributed by atoms with Crippen LogP contribution in [0.1, 0.15) is 36.5 Å². The van der Waals surface area contributed by atoms with E-state index in [0.717, 1.165) is 24.8 Å². The highest BCUT2D eigenvalue weighted by atomic mass is 32.2. The standard InChI is InChI=1S/C15H18N6S/c1-11-10-22-15(20(11)8-13-3-2-6-16-7-13)14-17-19-21(18-14)9-12-4-5-12/h2-3,6-7,10,12,15H,4-5,8-9H2,1H3. The second-order valence-electron chi connectivity index (χ2n) is 5.88. The zero-order valence-corrected chi connectivity index (χ0v) is 13.3. The molecule has 114 valence electrons. The first-order valence-electron chi connectivity index (χ1n) is 7.55. The molecule has 0 amide bonds. The summed E-state index contributed by atoms with van der Waals surface area (Å²) >= 11 is 1.74. The maximum absolute atomic E-state index is 4.58. The Labute approximate surface area is 133 Å². The van der Waals surface area contributed by atoms with Gasteiger partial charge in [0.1, 0.15) is 5.37 Å². The maximum atomic E-state index is 4.58. The van der Waals surface area contributed by atoms with Crippen molar-refractivity contribution in [3.8, 4) is 0 Å². The average Bonchev–Trinajstić information content (AvgIpc) is 3.11. The topological polar surface area (TPSA) is 59.7 Å². The zero-order valence-electron chi connectivity index (χ0n) is 12.5. The van der Waals surface area contributed by atoms with Crippen molar-refractivity contribution < 1.29 is 0 Å². The molecule has 1 unspecified atom stereocenters. The van der Waals surface area contributed by atoms with E-state index in [9.17, 15) is 0 Å². The molecule has 1 aliphatic carbocycles. The Balaban J connectivity index is 1.51. The molecule has 0 bridgehead atoms. The number of aromatic nitrogens is 5. The molecule has 2 aromatic rings. The van der Waals surface area contributed by atoms with E-state index in [1.165, 1.54) is 24.1 Å². The smallest absolute Gasteiger partial charge is 0.207 e. The maximum Gasteiger partial charge on any atom is 0.207 e. The molecule has 0 radical (unpaired) electrons. The van der Waals surface area contributed by atoms with E-state index in [1.54, 1.807) is 22.8 Å². The van der Waals surface area contributed by atoms with Crippen molar-refractivity contribution in [2.24, 2.45) is 5.92 Å². The fourth-order valence-corrected chi connectivity index (χ4v) is 3.61. The molecule has 22 heavy (non-hydrogen) atoms. The summed E-state index contributed by atoms with van der Waals surface area (Å²) < 4.78 is 0. The van der Waals surface area contributed by atoms with Crippen molar-refractivity contribution in [1.82, 2.24) is 30.1 Å². The molecular weight excluding hydrogens is 296 g/mol. The summed E-state index contributed by atoms with van der Waals surface area (Å²) in [4.78, 5) is 8.25. The van der Waals surface area contributed by atoms with Gasteiger partial charge in [-0.3, -0.25) is 4.98 Å². The van der Waals surface area contributed by atoms with Crippen LogP contribution in [-0.4, -0.2) is 30.1 Å². The van der Waals surface area contributed by atoms with Crippen LogP contribution in [0.3, 0.4) is 0 Å². The van der Waals surface area contributed by atoms with Crippen molar-refractivity contribution in [3.05, 3.63) is 47.0 Å². The number of hydrogen-bond donors (Lipinski definition) is 0. The zero-order chi connectivity index (χ0) is 14.9. The number of hydrogen-bond acceptors (Lipinski definition) is 6. The second kappa shape index (κ2) is 5.72. The predicted molar refractivity (Wildman–Crippen MR) is 84.4 cm³/mol. The van der Waals surface area contributed by atoms with Crippen LogP contribution < -0.4 is 0 Å². The van der Waals surface area contributed by atoms with E-state index in [0.29, 0.717) is 0 Å². The molecule has 1 aliphatic heterocycles. The molecule has 2 aromatic heterocycles. The van der Waals surface area contributed by atoms with Gasteiger partial charge in [-0.05, 0) is 47.9 Å². The molecular formula is C15H18N6S. The lowest BCUT2D eigenvalue weighted by molar-refractivity contribution is 0.319. The van der Waals surface area contributed by atoms with Crippen LogP contribution >= 0.6 is 11.8 Å². The van der Waals surface area contributed by atoms with Crippen LogP contribution in [0.4, 0.5) is 0 Å². The van der Waals surface area contributed by atoms with Gasteiger partial charge in [-0.25, -0.2) is 0 Å². The lowest BCUT2D eigenvalue weighted by Crippen LogP contribution is -2.22. The quantitative estimate of drug-likeness (QED) is 0.845. The molecule has 1 saturated carbocycles. The fourth-order valence-electron chi connectivity index (χ4n) is 2.55. The minimum atomic E-state index is 0.105. The summed E-state index contributed by atoms with van der Waals surface area (Å²) in [5.74, 6) is 1.55. The third-order valence-electron chi connectivity index (χ3n) is 3.99. The number of pyridine rings is 1. The Bertz CT molecular complexity index is 678. The molecule has 1 fully saturated rings. The van der Waals surface area contributed by atoms with Crippen molar-refractivity contribution in [3.63, 3.8) is 0 Å². The number of rotatable bonds is 5. The molecule has 0 saturated heterocycles. The Morgan fingerprint density at radius 2 is 2.27 bits per heavy atom. The first-order chi connectivity index (χ1) is 10.8. The van der Waals surface area contributed by atoms with Gasteiger partial charge in [0.2, 0.25) is 5.82 Å². The lowest BCUT2D eigenvalue weighted by Gasteiger charge is -2.25. The Hall–Kier alpha value is -1.89. The van der Waals surface area contributed by atoms with Crippen molar-refractivity contribution in [2.75, 3.05) is 0 Å². The number of nitrogens with zero attached hydrogens (tertiary/aromatic N) is 6. The van der Waals surface area contributed by atoms with Crippen LogP contribution in [0.5, 0.6) is 0 Å². The summed E-state index contributed by atoms with van der Waals surface area (Å²) in [6, 6.07) is 4.06. The molecule has 0 N–H and O–H groups in total. The van der Waals surface area contributed by atoms with Crippen LogP contribution in [0.15, 0.2) is 35.6 Å². The minimum absolute atomic E-state index is 0.105. The van der Waals surface area contributed by atoms with E-state index in [1.807, 2.05) is 12.3 Å². The van der Waals surface area contributed by atoms with Crippen LogP contribution in [-0.2, 0) is 13.1 Å². The van der Waals surface area contributed by atoms with E-state index >= 15 is 0 Å². The lowest BCUT2D eigenvalue weighted by atomic mass is 10.2. The Kier molecular flexibility index (Phi) is 3.57.